The standard InChI is InChI=1S/C10H21N3O.2ClH/c1-12(2)10(14)9-5-3-7-13(9)8-4-6-11;;/h9H,3-8,11H2,1-2H3;2*1H. The van der Waals surface area contributed by atoms with Gasteiger partial charge in [0.1, 0.15) is 0 Å². The van der Waals surface area contributed by atoms with Crippen molar-refractivity contribution < 1.29 is 4.79 Å². The van der Waals surface area contributed by atoms with Crippen LogP contribution in [-0.4, -0.2) is 55.5 Å². The molecule has 1 amide bonds. The van der Waals surface area contributed by atoms with Gasteiger partial charge in [0.15, 0.2) is 0 Å². The van der Waals surface area contributed by atoms with Crippen LogP contribution in [0, 0.1) is 0 Å². The third-order valence-electron chi connectivity index (χ3n) is 2.74. The van der Waals surface area contributed by atoms with Gasteiger partial charge in [-0.1, -0.05) is 0 Å². The van der Waals surface area contributed by atoms with Crippen LogP contribution in [0.3, 0.4) is 0 Å². The number of hydrogen-bond donors (Lipinski definition) is 1. The van der Waals surface area contributed by atoms with Crippen molar-refractivity contribution in [2.75, 3.05) is 33.7 Å². The first-order chi connectivity index (χ1) is 6.66. The van der Waals surface area contributed by atoms with Crippen LogP contribution in [0.25, 0.3) is 0 Å². The summed E-state index contributed by atoms with van der Waals surface area (Å²) in [6, 6.07) is 0.108. The quantitative estimate of drug-likeness (QED) is 0.821. The number of rotatable bonds is 4. The lowest BCUT2D eigenvalue weighted by Crippen LogP contribution is -2.43. The first-order valence-corrected chi connectivity index (χ1v) is 5.32. The molecule has 0 bridgehead atoms. The average Bonchev–Trinajstić information content (AvgIpc) is 2.61. The second kappa shape index (κ2) is 9.05. The third-order valence-corrected chi connectivity index (χ3v) is 2.74. The Labute approximate surface area is 110 Å². The van der Waals surface area contributed by atoms with Crippen LogP contribution in [0.4, 0.5) is 0 Å². The van der Waals surface area contributed by atoms with Crippen LogP contribution >= 0.6 is 24.8 Å². The summed E-state index contributed by atoms with van der Waals surface area (Å²) in [5.41, 5.74) is 5.47. The molecule has 1 aliphatic heterocycles. The van der Waals surface area contributed by atoms with Gasteiger partial charge in [0.05, 0.1) is 6.04 Å². The van der Waals surface area contributed by atoms with Crippen LogP contribution in [0.1, 0.15) is 19.3 Å². The zero-order chi connectivity index (χ0) is 10.6. The van der Waals surface area contributed by atoms with Gasteiger partial charge in [-0.15, -0.1) is 24.8 Å². The Morgan fingerprint density at radius 2 is 2.06 bits per heavy atom. The summed E-state index contributed by atoms with van der Waals surface area (Å²) < 4.78 is 0. The smallest absolute Gasteiger partial charge is 0.239 e. The highest BCUT2D eigenvalue weighted by Crippen LogP contribution is 2.18. The Balaban J connectivity index is 0. The highest BCUT2D eigenvalue weighted by Gasteiger charge is 2.30. The fourth-order valence-electron chi connectivity index (χ4n) is 1.97. The molecule has 1 aliphatic rings. The normalized spacial score (nSPS) is 19.8. The lowest BCUT2D eigenvalue weighted by atomic mass is 10.2. The maximum atomic E-state index is 11.8. The predicted octanol–water partition coefficient (Wildman–Crippen LogP) is 0.731. The SMILES string of the molecule is CN(C)C(=O)C1CCCN1CCCN.Cl.Cl. The molecular formula is C10H23Cl2N3O. The maximum Gasteiger partial charge on any atom is 0.239 e. The minimum atomic E-state index is 0. The minimum Gasteiger partial charge on any atom is -0.347 e. The number of nitrogens with two attached hydrogens (primary N) is 1. The van der Waals surface area contributed by atoms with E-state index < -0.39 is 0 Å². The van der Waals surface area contributed by atoms with Gasteiger partial charge in [0, 0.05) is 20.6 Å². The summed E-state index contributed by atoms with van der Waals surface area (Å²) in [5.74, 6) is 0.236. The molecule has 0 aromatic heterocycles. The van der Waals surface area contributed by atoms with Crippen molar-refractivity contribution in [2.24, 2.45) is 5.73 Å². The van der Waals surface area contributed by atoms with E-state index in [-0.39, 0.29) is 36.8 Å². The number of likely N-dealkylation sites (N-methyl/N-ethyl adjacent to an activating group) is 1. The number of likely N-dealkylation sites (tertiary alicyclic amines) is 1. The van der Waals surface area contributed by atoms with Gasteiger partial charge in [-0.25, -0.2) is 0 Å². The monoisotopic (exact) mass is 271 g/mol. The molecule has 16 heavy (non-hydrogen) atoms. The van der Waals surface area contributed by atoms with Crippen LogP contribution in [0.2, 0.25) is 0 Å². The van der Waals surface area contributed by atoms with Gasteiger partial charge < -0.3 is 10.6 Å². The zero-order valence-corrected chi connectivity index (χ0v) is 11.6. The molecule has 2 N–H and O–H groups in total. The van der Waals surface area contributed by atoms with Crippen molar-refractivity contribution in [1.29, 1.82) is 0 Å². The molecule has 6 heteroatoms. The number of amides is 1. The fraction of sp³-hybridized carbons (Fsp3) is 0.900. The van der Waals surface area contributed by atoms with Crippen molar-refractivity contribution in [1.82, 2.24) is 9.80 Å². The molecule has 1 rings (SSSR count). The van der Waals surface area contributed by atoms with Crippen molar-refractivity contribution in [2.45, 2.75) is 25.3 Å². The Hall–Kier alpha value is -0.0300. The first-order valence-electron chi connectivity index (χ1n) is 5.32. The van der Waals surface area contributed by atoms with Crippen molar-refractivity contribution >= 4 is 30.7 Å². The highest BCUT2D eigenvalue weighted by molar-refractivity contribution is 5.85. The summed E-state index contributed by atoms with van der Waals surface area (Å²) in [6.07, 6.45) is 3.12. The van der Waals surface area contributed by atoms with Gasteiger partial charge in [0.25, 0.3) is 0 Å². The lowest BCUT2D eigenvalue weighted by molar-refractivity contribution is -0.133. The molecule has 1 unspecified atom stereocenters. The molecule has 1 heterocycles. The summed E-state index contributed by atoms with van der Waals surface area (Å²) in [7, 11) is 3.64. The van der Waals surface area contributed by atoms with Gasteiger partial charge in [-0.05, 0) is 32.4 Å². The van der Waals surface area contributed by atoms with Crippen LogP contribution in [0.15, 0.2) is 0 Å². The highest BCUT2D eigenvalue weighted by atomic mass is 35.5. The molecule has 0 aliphatic carbocycles. The lowest BCUT2D eigenvalue weighted by Gasteiger charge is -2.25. The van der Waals surface area contributed by atoms with Crippen molar-refractivity contribution in [3.63, 3.8) is 0 Å². The van der Waals surface area contributed by atoms with Crippen molar-refractivity contribution in [3.8, 4) is 0 Å². The Bertz CT molecular complexity index is 203. The maximum absolute atomic E-state index is 11.8. The molecular weight excluding hydrogens is 249 g/mol. The van der Waals surface area contributed by atoms with E-state index in [0.29, 0.717) is 6.54 Å². The molecule has 1 fully saturated rings. The van der Waals surface area contributed by atoms with E-state index in [0.717, 1.165) is 32.4 Å². The van der Waals surface area contributed by atoms with E-state index in [1.54, 1.807) is 4.90 Å². The minimum absolute atomic E-state index is 0. The van der Waals surface area contributed by atoms with Gasteiger partial charge >= 0.3 is 0 Å². The Morgan fingerprint density at radius 3 is 2.56 bits per heavy atom. The molecule has 0 aromatic rings. The zero-order valence-electron chi connectivity index (χ0n) is 10.0. The summed E-state index contributed by atoms with van der Waals surface area (Å²) >= 11 is 0. The number of hydrogen-bond acceptors (Lipinski definition) is 3. The third kappa shape index (κ3) is 4.87. The topological polar surface area (TPSA) is 49.6 Å². The van der Waals surface area contributed by atoms with E-state index in [1.165, 1.54) is 0 Å². The molecule has 0 radical (unpaired) electrons. The van der Waals surface area contributed by atoms with Gasteiger partial charge in [0.2, 0.25) is 5.91 Å². The predicted molar refractivity (Wildman–Crippen MR) is 71.5 cm³/mol. The average molecular weight is 272 g/mol. The van der Waals surface area contributed by atoms with E-state index in [1.807, 2.05) is 14.1 Å². The van der Waals surface area contributed by atoms with Gasteiger partial charge in [-0.2, -0.15) is 0 Å². The largest absolute Gasteiger partial charge is 0.347 e. The van der Waals surface area contributed by atoms with Crippen molar-refractivity contribution in [3.05, 3.63) is 0 Å². The number of nitrogens with zero attached hydrogens (tertiary/aromatic N) is 2. The molecule has 98 valence electrons. The Morgan fingerprint density at radius 1 is 1.44 bits per heavy atom. The summed E-state index contributed by atoms with van der Waals surface area (Å²) in [5, 5.41) is 0. The van der Waals surface area contributed by atoms with Crippen LogP contribution in [0.5, 0.6) is 0 Å². The molecule has 0 spiro atoms. The molecule has 1 atom stereocenters. The first kappa shape index (κ1) is 18.3. The second-order valence-corrected chi connectivity index (χ2v) is 4.07. The van der Waals surface area contributed by atoms with Crippen LogP contribution < -0.4 is 5.73 Å². The summed E-state index contributed by atoms with van der Waals surface area (Å²) in [4.78, 5) is 15.7. The number of carbonyl (C=O) groups is 1. The second-order valence-electron chi connectivity index (χ2n) is 4.07. The van der Waals surface area contributed by atoms with Crippen LogP contribution in [-0.2, 0) is 4.79 Å². The van der Waals surface area contributed by atoms with E-state index in [2.05, 4.69) is 4.90 Å². The molecule has 0 saturated carbocycles. The van der Waals surface area contributed by atoms with E-state index in [9.17, 15) is 4.79 Å². The number of carbonyl (C=O) groups excluding carboxylic acids is 1. The number of halogens is 2. The van der Waals surface area contributed by atoms with E-state index in [4.69, 9.17) is 5.73 Å². The fourth-order valence-corrected chi connectivity index (χ4v) is 1.97. The summed E-state index contributed by atoms with van der Waals surface area (Å²) in [6.45, 7) is 2.71. The Kier molecular flexibility index (Phi) is 10.4. The van der Waals surface area contributed by atoms with E-state index >= 15 is 0 Å². The van der Waals surface area contributed by atoms with Gasteiger partial charge in [-0.3, -0.25) is 9.69 Å². The molecule has 4 nitrogen and oxygen atoms in total. The molecule has 0 aromatic carbocycles. The molecule has 1 saturated heterocycles.